The van der Waals surface area contributed by atoms with Gasteiger partial charge in [-0.2, -0.15) is 0 Å². The highest BCUT2D eigenvalue weighted by Crippen LogP contribution is 2.11. The van der Waals surface area contributed by atoms with E-state index in [2.05, 4.69) is 29.0 Å². The molecule has 0 aliphatic carbocycles. The number of para-hydroxylation sites is 1. The first kappa shape index (κ1) is 11.6. The minimum atomic E-state index is 0.769. The molecule has 1 aromatic carbocycles. The first-order chi connectivity index (χ1) is 8.40. The van der Waals surface area contributed by atoms with Crippen molar-refractivity contribution in [2.24, 2.45) is 0 Å². The number of hydrogen-bond donors (Lipinski definition) is 0. The quantitative estimate of drug-likeness (QED) is 0.591. The molecule has 2 nitrogen and oxygen atoms in total. The molecule has 0 unspecified atom stereocenters. The van der Waals surface area contributed by atoms with Crippen molar-refractivity contribution >= 4 is 10.9 Å². The number of unbranched alkanes of at least 4 members (excludes halogenated alkanes) is 1. The Balaban J connectivity index is 2.08. The van der Waals surface area contributed by atoms with Gasteiger partial charge < -0.3 is 4.74 Å². The zero-order valence-corrected chi connectivity index (χ0v) is 9.94. The van der Waals surface area contributed by atoms with Crippen molar-refractivity contribution in [1.82, 2.24) is 4.98 Å². The average molecular weight is 225 g/mol. The van der Waals surface area contributed by atoms with Crippen LogP contribution in [0.5, 0.6) is 0 Å². The van der Waals surface area contributed by atoms with Crippen LogP contribution in [0.15, 0.2) is 36.5 Å². The molecule has 2 aromatic rings. The number of rotatable bonds is 3. The number of benzene rings is 1. The lowest BCUT2D eigenvalue weighted by atomic mass is 10.1. The Labute approximate surface area is 102 Å². The van der Waals surface area contributed by atoms with Gasteiger partial charge in [-0.3, -0.25) is 4.98 Å². The van der Waals surface area contributed by atoms with Crippen LogP contribution in [0.25, 0.3) is 10.9 Å². The molecule has 1 heterocycles. The van der Waals surface area contributed by atoms with Crippen molar-refractivity contribution in [3.63, 3.8) is 0 Å². The van der Waals surface area contributed by atoms with Gasteiger partial charge in [-0.15, -0.1) is 0 Å². The standard InChI is InChI=1S/C15H15NO/c1-17-10-6-2-3-7-13-11-14-8-4-5-9-15(14)16-12-13/h4-5,8-9,11-12H,2,6,10H2,1H3. The fraction of sp³-hybridized carbons (Fsp3) is 0.267. The summed E-state index contributed by atoms with van der Waals surface area (Å²) in [6, 6.07) is 10.1. The van der Waals surface area contributed by atoms with E-state index in [0.29, 0.717) is 0 Å². The van der Waals surface area contributed by atoms with Gasteiger partial charge in [-0.05, 0) is 18.6 Å². The molecule has 0 aliphatic rings. The first-order valence-electron chi connectivity index (χ1n) is 5.73. The van der Waals surface area contributed by atoms with Crippen LogP contribution in [0.2, 0.25) is 0 Å². The van der Waals surface area contributed by atoms with Crippen molar-refractivity contribution < 1.29 is 4.74 Å². The number of hydrogen-bond acceptors (Lipinski definition) is 2. The summed E-state index contributed by atoms with van der Waals surface area (Å²) in [5, 5.41) is 1.14. The Morgan fingerprint density at radius 1 is 1.29 bits per heavy atom. The van der Waals surface area contributed by atoms with Crippen LogP contribution in [-0.4, -0.2) is 18.7 Å². The predicted molar refractivity (Wildman–Crippen MR) is 69.7 cm³/mol. The van der Waals surface area contributed by atoms with E-state index in [0.717, 1.165) is 35.9 Å². The monoisotopic (exact) mass is 225 g/mol. The molecule has 0 atom stereocenters. The Hall–Kier alpha value is -1.85. The molecule has 0 radical (unpaired) electrons. The van der Waals surface area contributed by atoms with Gasteiger partial charge in [0.1, 0.15) is 0 Å². The molecule has 0 saturated heterocycles. The fourth-order valence-corrected chi connectivity index (χ4v) is 1.61. The summed E-state index contributed by atoms with van der Waals surface area (Å²) in [6.45, 7) is 0.769. The summed E-state index contributed by atoms with van der Waals surface area (Å²) in [5.41, 5.74) is 1.98. The van der Waals surface area contributed by atoms with E-state index in [4.69, 9.17) is 4.74 Å². The molecule has 0 N–H and O–H groups in total. The number of aromatic nitrogens is 1. The van der Waals surface area contributed by atoms with Crippen molar-refractivity contribution in [1.29, 1.82) is 0 Å². The van der Waals surface area contributed by atoms with E-state index < -0.39 is 0 Å². The summed E-state index contributed by atoms with van der Waals surface area (Å²) in [4.78, 5) is 4.37. The van der Waals surface area contributed by atoms with Crippen molar-refractivity contribution in [3.05, 3.63) is 42.1 Å². The third-order valence-corrected chi connectivity index (χ3v) is 2.47. The average Bonchev–Trinajstić information content (AvgIpc) is 2.38. The number of fused-ring (bicyclic) bond motifs is 1. The molecule has 0 aliphatic heterocycles. The van der Waals surface area contributed by atoms with Crippen LogP contribution < -0.4 is 0 Å². The molecule has 0 spiro atoms. The number of methoxy groups -OCH3 is 1. The highest BCUT2D eigenvalue weighted by molar-refractivity contribution is 5.79. The van der Waals surface area contributed by atoms with Crippen LogP contribution in [0.1, 0.15) is 18.4 Å². The summed E-state index contributed by atoms with van der Waals surface area (Å²) in [6.07, 6.45) is 3.66. The zero-order valence-electron chi connectivity index (χ0n) is 9.94. The van der Waals surface area contributed by atoms with Crippen LogP contribution in [0, 0.1) is 11.8 Å². The lowest BCUT2D eigenvalue weighted by Gasteiger charge is -1.96. The van der Waals surface area contributed by atoms with Gasteiger partial charge in [0.25, 0.3) is 0 Å². The molecule has 86 valence electrons. The van der Waals surface area contributed by atoms with Gasteiger partial charge in [-0.25, -0.2) is 0 Å². The van der Waals surface area contributed by atoms with Gasteiger partial charge in [0.15, 0.2) is 0 Å². The largest absolute Gasteiger partial charge is 0.385 e. The molecule has 0 amide bonds. The molecule has 2 heteroatoms. The van der Waals surface area contributed by atoms with Crippen LogP contribution in [0.4, 0.5) is 0 Å². The first-order valence-corrected chi connectivity index (χ1v) is 5.73. The minimum absolute atomic E-state index is 0.769. The second-order valence-corrected chi connectivity index (χ2v) is 3.81. The van der Waals surface area contributed by atoms with Gasteiger partial charge in [0.05, 0.1) is 5.52 Å². The minimum Gasteiger partial charge on any atom is -0.385 e. The molecule has 0 saturated carbocycles. The lowest BCUT2D eigenvalue weighted by Crippen LogP contribution is -1.86. The third-order valence-electron chi connectivity index (χ3n) is 2.47. The van der Waals surface area contributed by atoms with E-state index in [9.17, 15) is 0 Å². The number of ether oxygens (including phenoxy) is 1. The molecular formula is C15H15NO. The Morgan fingerprint density at radius 2 is 2.18 bits per heavy atom. The maximum atomic E-state index is 4.97. The van der Waals surface area contributed by atoms with Crippen LogP contribution >= 0.6 is 0 Å². The summed E-state index contributed by atoms with van der Waals surface area (Å²) >= 11 is 0. The molecule has 1 aromatic heterocycles. The molecule has 0 fully saturated rings. The van der Waals surface area contributed by atoms with E-state index in [1.807, 2.05) is 24.4 Å². The lowest BCUT2D eigenvalue weighted by molar-refractivity contribution is 0.196. The summed E-state index contributed by atoms with van der Waals surface area (Å²) in [5.74, 6) is 6.26. The van der Waals surface area contributed by atoms with Gasteiger partial charge in [0, 0.05) is 37.3 Å². The van der Waals surface area contributed by atoms with Gasteiger partial charge in [0.2, 0.25) is 0 Å². The van der Waals surface area contributed by atoms with Crippen molar-refractivity contribution in [2.75, 3.05) is 13.7 Å². The zero-order chi connectivity index (χ0) is 11.9. The second kappa shape index (κ2) is 6.03. The predicted octanol–water partition coefficient (Wildman–Crippen LogP) is 3.01. The van der Waals surface area contributed by atoms with Crippen molar-refractivity contribution in [2.45, 2.75) is 12.8 Å². The smallest absolute Gasteiger partial charge is 0.0702 e. The number of pyridine rings is 1. The molecule has 2 rings (SSSR count). The maximum absolute atomic E-state index is 4.97. The molecular weight excluding hydrogens is 210 g/mol. The van der Waals surface area contributed by atoms with E-state index in [1.54, 1.807) is 7.11 Å². The van der Waals surface area contributed by atoms with Crippen LogP contribution in [-0.2, 0) is 4.74 Å². The van der Waals surface area contributed by atoms with E-state index in [1.165, 1.54) is 0 Å². The maximum Gasteiger partial charge on any atom is 0.0702 e. The summed E-state index contributed by atoms with van der Waals surface area (Å²) < 4.78 is 4.97. The second-order valence-electron chi connectivity index (χ2n) is 3.81. The Kier molecular flexibility index (Phi) is 4.12. The normalized spacial score (nSPS) is 9.94. The molecule has 0 bridgehead atoms. The summed E-state index contributed by atoms with van der Waals surface area (Å²) in [7, 11) is 1.71. The Bertz CT molecular complexity index is 551. The number of nitrogens with zero attached hydrogens (tertiary/aromatic N) is 1. The third kappa shape index (κ3) is 3.30. The van der Waals surface area contributed by atoms with Gasteiger partial charge in [-0.1, -0.05) is 30.0 Å². The van der Waals surface area contributed by atoms with Crippen LogP contribution in [0.3, 0.4) is 0 Å². The van der Waals surface area contributed by atoms with Crippen molar-refractivity contribution in [3.8, 4) is 11.8 Å². The van der Waals surface area contributed by atoms with E-state index >= 15 is 0 Å². The van der Waals surface area contributed by atoms with Gasteiger partial charge >= 0.3 is 0 Å². The topological polar surface area (TPSA) is 22.1 Å². The SMILES string of the molecule is COCCCC#Cc1cnc2ccccc2c1. The molecule has 17 heavy (non-hydrogen) atoms. The highest BCUT2D eigenvalue weighted by Gasteiger charge is 1.93. The fourth-order valence-electron chi connectivity index (χ4n) is 1.61. The van der Waals surface area contributed by atoms with E-state index in [-0.39, 0.29) is 0 Å². The highest BCUT2D eigenvalue weighted by atomic mass is 16.5. The Morgan fingerprint density at radius 3 is 3.06 bits per heavy atom.